The van der Waals surface area contributed by atoms with E-state index in [0.29, 0.717) is 12.2 Å². The highest BCUT2D eigenvalue weighted by Gasteiger charge is 2.09. The van der Waals surface area contributed by atoms with Gasteiger partial charge in [-0.1, -0.05) is 25.1 Å². The fourth-order valence-electron chi connectivity index (χ4n) is 1.73. The molecule has 0 aromatic heterocycles. The SMILES string of the molecule is CCCOc1cccc(NC(=O)c2ccccc2I)c1. The largest absolute Gasteiger partial charge is 0.494 e. The van der Waals surface area contributed by atoms with Crippen LogP contribution in [0, 0.1) is 3.57 Å². The van der Waals surface area contributed by atoms with Crippen molar-refractivity contribution in [2.45, 2.75) is 13.3 Å². The summed E-state index contributed by atoms with van der Waals surface area (Å²) in [7, 11) is 0. The van der Waals surface area contributed by atoms with Crippen LogP contribution in [0.4, 0.5) is 5.69 Å². The van der Waals surface area contributed by atoms with Crippen molar-refractivity contribution in [1.82, 2.24) is 0 Å². The predicted molar refractivity (Wildman–Crippen MR) is 89.3 cm³/mol. The Morgan fingerprint density at radius 1 is 1.20 bits per heavy atom. The lowest BCUT2D eigenvalue weighted by Crippen LogP contribution is -2.13. The van der Waals surface area contributed by atoms with E-state index in [2.05, 4.69) is 34.8 Å². The van der Waals surface area contributed by atoms with Gasteiger partial charge in [-0.2, -0.15) is 0 Å². The van der Waals surface area contributed by atoms with Crippen LogP contribution in [0.5, 0.6) is 5.75 Å². The number of benzene rings is 2. The number of rotatable bonds is 5. The lowest BCUT2D eigenvalue weighted by atomic mass is 10.2. The van der Waals surface area contributed by atoms with Crippen LogP contribution in [0.2, 0.25) is 0 Å². The van der Waals surface area contributed by atoms with Crippen LogP contribution in [0.25, 0.3) is 0 Å². The molecule has 3 nitrogen and oxygen atoms in total. The summed E-state index contributed by atoms with van der Waals surface area (Å²) in [5, 5.41) is 2.89. The molecular weight excluding hydrogens is 365 g/mol. The minimum atomic E-state index is -0.109. The smallest absolute Gasteiger partial charge is 0.256 e. The van der Waals surface area contributed by atoms with Crippen LogP contribution in [0.3, 0.4) is 0 Å². The van der Waals surface area contributed by atoms with Gasteiger partial charge < -0.3 is 10.1 Å². The summed E-state index contributed by atoms with van der Waals surface area (Å²) < 4.78 is 6.49. The molecule has 0 heterocycles. The average Bonchev–Trinajstić information content (AvgIpc) is 2.46. The van der Waals surface area contributed by atoms with Crippen molar-refractivity contribution in [3.63, 3.8) is 0 Å². The second-order valence-corrected chi connectivity index (χ2v) is 5.47. The topological polar surface area (TPSA) is 38.3 Å². The summed E-state index contributed by atoms with van der Waals surface area (Å²) in [6.07, 6.45) is 0.957. The van der Waals surface area contributed by atoms with Crippen molar-refractivity contribution in [2.75, 3.05) is 11.9 Å². The van der Waals surface area contributed by atoms with Gasteiger partial charge in [0.15, 0.2) is 0 Å². The summed E-state index contributed by atoms with van der Waals surface area (Å²) in [6, 6.07) is 14.9. The zero-order valence-electron chi connectivity index (χ0n) is 11.2. The van der Waals surface area contributed by atoms with E-state index >= 15 is 0 Å². The zero-order valence-corrected chi connectivity index (χ0v) is 13.4. The molecule has 0 radical (unpaired) electrons. The molecule has 0 aliphatic carbocycles. The monoisotopic (exact) mass is 381 g/mol. The van der Waals surface area contributed by atoms with E-state index in [1.54, 1.807) is 0 Å². The number of halogens is 1. The second-order valence-electron chi connectivity index (χ2n) is 4.31. The summed E-state index contributed by atoms with van der Waals surface area (Å²) >= 11 is 2.16. The number of carbonyl (C=O) groups excluding carboxylic acids is 1. The van der Waals surface area contributed by atoms with Gasteiger partial charge in [0.2, 0.25) is 0 Å². The summed E-state index contributed by atoms with van der Waals surface area (Å²) in [4.78, 5) is 12.2. The van der Waals surface area contributed by atoms with Crippen LogP contribution in [-0.4, -0.2) is 12.5 Å². The average molecular weight is 381 g/mol. The molecule has 2 rings (SSSR count). The standard InChI is InChI=1S/C16H16INO2/c1-2-10-20-13-7-5-6-12(11-13)18-16(19)14-8-3-4-9-15(14)17/h3-9,11H,2,10H2,1H3,(H,18,19). The first-order chi connectivity index (χ1) is 9.70. The first kappa shape index (κ1) is 14.8. The van der Waals surface area contributed by atoms with Crippen LogP contribution in [-0.2, 0) is 0 Å². The van der Waals surface area contributed by atoms with E-state index in [-0.39, 0.29) is 5.91 Å². The van der Waals surface area contributed by atoms with E-state index < -0.39 is 0 Å². The molecule has 2 aromatic rings. The minimum absolute atomic E-state index is 0.109. The Hall–Kier alpha value is -1.56. The lowest BCUT2D eigenvalue weighted by molar-refractivity contribution is 0.102. The van der Waals surface area contributed by atoms with Crippen LogP contribution in [0.1, 0.15) is 23.7 Å². The highest BCUT2D eigenvalue weighted by Crippen LogP contribution is 2.19. The molecule has 104 valence electrons. The molecule has 20 heavy (non-hydrogen) atoms. The Labute approximate surface area is 132 Å². The van der Waals surface area contributed by atoms with E-state index in [9.17, 15) is 4.79 Å². The second kappa shape index (κ2) is 7.28. The van der Waals surface area contributed by atoms with Crippen molar-refractivity contribution in [3.05, 3.63) is 57.7 Å². The molecule has 0 spiro atoms. The minimum Gasteiger partial charge on any atom is -0.494 e. The first-order valence-electron chi connectivity index (χ1n) is 6.49. The molecule has 4 heteroatoms. The van der Waals surface area contributed by atoms with Crippen LogP contribution < -0.4 is 10.1 Å². The molecule has 1 amide bonds. The number of amides is 1. The highest BCUT2D eigenvalue weighted by atomic mass is 127. The number of nitrogens with one attached hydrogen (secondary N) is 1. The van der Waals surface area contributed by atoms with Crippen LogP contribution in [0.15, 0.2) is 48.5 Å². The van der Waals surface area contributed by atoms with Crippen molar-refractivity contribution in [1.29, 1.82) is 0 Å². The highest BCUT2D eigenvalue weighted by molar-refractivity contribution is 14.1. The molecule has 1 N–H and O–H groups in total. The Balaban J connectivity index is 2.10. The third-order valence-electron chi connectivity index (χ3n) is 2.68. The lowest BCUT2D eigenvalue weighted by Gasteiger charge is -2.09. The van der Waals surface area contributed by atoms with Gasteiger partial charge in [0, 0.05) is 15.3 Å². The maximum atomic E-state index is 12.2. The van der Waals surface area contributed by atoms with Gasteiger partial charge >= 0.3 is 0 Å². The van der Waals surface area contributed by atoms with Crippen LogP contribution >= 0.6 is 22.6 Å². The normalized spacial score (nSPS) is 10.1. The van der Waals surface area contributed by atoms with Gasteiger partial charge in [-0.3, -0.25) is 4.79 Å². The van der Waals surface area contributed by atoms with Crippen molar-refractivity contribution in [3.8, 4) is 5.75 Å². The molecule has 0 fully saturated rings. The Bertz CT molecular complexity index is 599. The molecule has 0 saturated heterocycles. The molecule has 0 bridgehead atoms. The van der Waals surface area contributed by atoms with E-state index in [4.69, 9.17) is 4.74 Å². The Morgan fingerprint density at radius 3 is 2.75 bits per heavy atom. The molecule has 0 aliphatic heterocycles. The number of carbonyl (C=O) groups is 1. The fourth-order valence-corrected chi connectivity index (χ4v) is 2.36. The third kappa shape index (κ3) is 3.96. The van der Waals surface area contributed by atoms with Gasteiger partial charge in [-0.15, -0.1) is 0 Å². The van der Waals surface area contributed by atoms with E-state index in [0.717, 1.165) is 21.4 Å². The van der Waals surface area contributed by atoms with E-state index in [1.807, 2.05) is 48.5 Å². The number of hydrogen-bond donors (Lipinski definition) is 1. The van der Waals surface area contributed by atoms with Crippen molar-refractivity contribution < 1.29 is 9.53 Å². The zero-order chi connectivity index (χ0) is 14.4. The molecule has 2 aromatic carbocycles. The van der Waals surface area contributed by atoms with Gasteiger partial charge in [-0.05, 0) is 53.3 Å². The molecule has 0 atom stereocenters. The predicted octanol–water partition coefficient (Wildman–Crippen LogP) is 4.33. The quantitative estimate of drug-likeness (QED) is 0.783. The summed E-state index contributed by atoms with van der Waals surface area (Å²) in [5.74, 6) is 0.662. The molecular formula is C16H16INO2. The Kier molecular flexibility index (Phi) is 5.40. The number of ether oxygens (including phenoxy) is 1. The first-order valence-corrected chi connectivity index (χ1v) is 7.57. The maximum Gasteiger partial charge on any atom is 0.256 e. The summed E-state index contributed by atoms with van der Waals surface area (Å²) in [6.45, 7) is 2.73. The van der Waals surface area contributed by atoms with E-state index in [1.165, 1.54) is 0 Å². The fraction of sp³-hybridized carbons (Fsp3) is 0.188. The van der Waals surface area contributed by atoms with Crippen molar-refractivity contribution in [2.24, 2.45) is 0 Å². The van der Waals surface area contributed by atoms with Gasteiger partial charge in [0.25, 0.3) is 5.91 Å². The number of anilines is 1. The molecule has 0 aliphatic rings. The van der Waals surface area contributed by atoms with Crippen molar-refractivity contribution >= 4 is 34.2 Å². The van der Waals surface area contributed by atoms with Gasteiger partial charge in [0.1, 0.15) is 5.75 Å². The molecule has 0 saturated carbocycles. The Morgan fingerprint density at radius 2 is 2.00 bits per heavy atom. The third-order valence-corrected chi connectivity index (χ3v) is 3.62. The maximum absolute atomic E-state index is 12.2. The van der Waals surface area contributed by atoms with Gasteiger partial charge in [0.05, 0.1) is 12.2 Å². The number of hydrogen-bond acceptors (Lipinski definition) is 2. The van der Waals surface area contributed by atoms with Gasteiger partial charge in [-0.25, -0.2) is 0 Å². The summed E-state index contributed by atoms with van der Waals surface area (Å²) in [5.41, 5.74) is 1.41. The molecule has 0 unspecified atom stereocenters.